The van der Waals surface area contributed by atoms with Crippen molar-refractivity contribution in [3.8, 4) is 0 Å². The van der Waals surface area contributed by atoms with Gasteiger partial charge in [-0.05, 0) is 22.9 Å². The Labute approximate surface area is 158 Å². The molecule has 0 atom stereocenters. The highest BCUT2D eigenvalue weighted by atomic mass is 79.9. The molecular formula is C22H25BrN2+2. The molecule has 1 heterocycles. The van der Waals surface area contributed by atoms with E-state index in [-0.39, 0.29) is 0 Å². The van der Waals surface area contributed by atoms with Gasteiger partial charge in [0.05, 0.1) is 0 Å². The van der Waals surface area contributed by atoms with Crippen molar-refractivity contribution in [3.05, 3.63) is 82.3 Å². The van der Waals surface area contributed by atoms with Crippen LogP contribution in [0.15, 0.2) is 71.2 Å². The molecule has 0 unspecified atom stereocenters. The van der Waals surface area contributed by atoms with Crippen LogP contribution in [0.1, 0.15) is 11.1 Å². The first-order valence-electron chi connectivity index (χ1n) is 9.16. The van der Waals surface area contributed by atoms with E-state index in [1.54, 1.807) is 9.80 Å². The quantitative estimate of drug-likeness (QED) is 0.667. The van der Waals surface area contributed by atoms with E-state index in [4.69, 9.17) is 0 Å². The summed E-state index contributed by atoms with van der Waals surface area (Å²) in [7, 11) is 0. The second-order valence-corrected chi connectivity index (χ2v) is 8.03. The fourth-order valence-corrected chi connectivity index (χ4v) is 4.18. The summed E-state index contributed by atoms with van der Waals surface area (Å²) in [5, 5.41) is 2.78. The second kappa shape index (κ2) is 7.69. The third-order valence-electron chi connectivity index (χ3n) is 5.35. The summed E-state index contributed by atoms with van der Waals surface area (Å²) in [4.78, 5) is 3.43. The molecule has 2 N–H and O–H groups in total. The molecule has 1 fully saturated rings. The first-order valence-corrected chi connectivity index (χ1v) is 9.95. The van der Waals surface area contributed by atoms with E-state index in [1.165, 1.54) is 48.1 Å². The van der Waals surface area contributed by atoms with E-state index in [1.807, 2.05) is 0 Å². The highest BCUT2D eigenvalue weighted by Crippen LogP contribution is 2.17. The third kappa shape index (κ3) is 4.12. The molecule has 3 heteroatoms. The van der Waals surface area contributed by atoms with Crippen LogP contribution in [0.2, 0.25) is 0 Å². The molecule has 0 radical (unpaired) electrons. The molecule has 0 amide bonds. The van der Waals surface area contributed by atoms with E-state index in [0.29, 0.717) is 0 Å². The van der Waals surface area contributed by atoms with Crippen molar-refractivity contribution in [1.29, 1.82) is 0 Å². The molecule has 25 heavy (non-hydrogen) atoms. The normalized spacial score (nSPS) is 20.7. The standard InChI is InChI=1S/C22H23BrN2/c23-21-10-8-18(9-11-21)16-24-12-14-25(15-13-24)17-20-6-3-5-19-4-1-2-7-22(19)20/h1-11H,12-17H2/p+2. The van der Waals surface area contributed by atoms with Crippen LogP contribution in [0.25, 0.3) is 10.8 Å². The Balaban J connectivity index is 1.36. The molecule has 2 nitrogen and oxygen atoms in total. The number of hydrogen-bond acceptors (Lipinski definition) is 0. The zero-order valence-corrected chi connectivity index (χ0v) is 16.1. The zero-order valence-electron chi connectivity index (χ0n) is 14.5. The van der Waals surface area contributed by atoms with E-state index < -0.39 is 0 Å². The molecule has 0 aromatic heterocycles. The van der Waals surface area contributed by atoms with Gasteiger partial charge in [0, 0.05) is 15.6 Å². The summed E-state index contributed by atoms with van der Waals surface area (Å²) in [6.45, 7) is 7.33. The topological polar surface area (TPSA) is 8.88 Å². The SMILES string of the molecule is Brc1ccc(C[NH+]2CC[NH+](Cc3cccc4ccccc34)CC2)cc1. The Morgan fingerprint density at radius 1 is 0.680 bits per heavy atom. The number of quaternary nitrogens is 2. The summed E-state index contributed by atoms with van der Waals surface area (Å²) >= 11 is 3.52. The number of rotatable bonds is 4. The Hall–Kier alpha value is -1.68. The lowest BCUT2D eigenvalue weighted by atomic mass is 10.0. The Kier molecular flexibility index (Phi) is 5.16. The first kappa shape index (κ1) is 16.8. The van der Waals surface area contributed by atoms with Crippen LogP contribution < -0.4 is 9.80 Å². The van der Waals surface area contributed by atoms with Crippen molar-refractivity contribution in [2.75, 3.05) is 26.2 Å². The monoisotopic (exact) mass is 396 g/mol. The van der Waals surface area contributed by atoms with Crippen LogP contribution in [0.4, 0.5) is 0 Å². The average molecular weight is 397 g/mol. The number of halogens is 1. The van der Waals surface area contributed by atoms with Gasteiger partial charge in [-0.3, -0.25) is 0 Å². The Morgan fingerprint density at radius 3 is 2.08 bits per heavy atom. The molecule has 128 valence electrons. The Bertz CT molecular complexity index is 831. The lowest BCUT2D eigenvalue weighted by molar-refractivity contribution is -1.02. The van der Waals surface area contributed by atoms with Gasteiger partial charge in [-0.25, -0.2) is 0 Å². The summed E-state index contributed by atoms with van der Waals surface area (Å²) < 4.78 is 1.16. The minimum atomic E-state index is 1.15. The van der Waals surface area contributed by atoms with Gasteiger partial charge in [0.2, 0.25) is 0 Å². The molecule has 0 bridgehead atoms. The Morgan fingerprint density at radius 2 is 1.32 bits per heavy atom. The van der Waals surface area contributed by atoms with Gasteiger partial charge in [-0.15, -0.1) is 0 Å². The highest BCUT2D eigenvalue weighted by molar-refractivity contribution is 9.10. The largest absolute Gasteiger partial charge is 0.322 e. The molecule has 3 aromatic carbocycles. The van der Waals surface area contributed by atoms with Gasteiger partial charge in [-0.1, -0.05) is 70.5 Å². The predicted octanol–water partition coefficient (Wildman–Crippen LogP) is 2.09. The van der Waals surface area contributed by atoms with Gasteiger partial charge in [-0.2, -0.15) is 0 Å². The number of fused-ring (bicyclic) bond motifs is 1. The van der Waals surface area contributed by atoms with Crippen molar-refractivity contribution in [2.24, 2.45) is 0 Å². The smallest absolute Gasteiger partial charge is 0.127 e. The number of nitrogens with one attached hydrogen (secondary N) is 2. The van der Waals surface area contributed by atoms with Crippen molar-refractivity contribution >= 4 is 26.7 Å². The van der Waals surface area contributed by atoms with Gasteiger partial charge >= 0.3 is 0 Å². The van der Waals surface area contributed by atoms with Crippen LogP contribution in [-0.2, 0) is 13.1 Å². The third-order valence-corrected chi connectivity index (χ3v) is 5.88. The molecule has 4 rings (SSSR count). The van der Waals surface area contributed by atoms with Crippen LogP contribution in [0.3, 0.4) is 0 Å². The molecular weight excluding hydrogens is 372 g/mol. The lowest BCUT2D eigenvalue weighted by Crippen LogP contribution is -3.27. The summed E-state index contributed by atoms with van der Waals surface area (Å²) in [5.41, 5.74) is 2.93. The van der Waals surface area contributed by atoms with Crippen LogP contribution in [0.5, 0.6) is 0 Å². The molecule has 3 aromatic rings. The van der Waals surface area contributed by atoms with Gasteiger partial charge < -0.3 is 9.80 Å². The average Bonchev–Trinajstić information content (AvgIpc) is 2.65. The second-order valence-electron chi connectivity index (χ2n) is 7.12. The van der Waals surface area contributed by atoms with Crippen molar-refractivity contribution < 1.29 is 9.80 Å². The highest BCUT2D eigenvalue weighted by Gasteiger charge is 2.23. The minimum Gasteiger partial charge on any atom is -0.322 e. The fraction of sp³-hybridized carbons (Fsp3) is 0.273. The maximum atomic E-state index is 3.52. The van der Waals surface area contributed by atoms with Gasteiger partial charge in [0.1, 0.15) is 39.3 Å². The van der Waals surface area contributed by atoms with E-state index in [0.717, 1.165) is 17.6 Å². The summed E-state index contributed by atoms with van der Waals surface area (Å²) in [5.74, 6) is 0. The van der Waals surface area contributed by atoms with Gasteiger partial charge in [0.15, 0.2) is 0 Å². The number of hydrogen-bond donors (Lipinski definition) is 2. The fourth-order valence-electron chi connectivity index (χ4n) is 3.92. The maximum Gasteiger partial charge on any atom is 0.127 e. The van der Waals surface area contributed by atoms with Crippen LogP contribution >= 0.6 is 15.9 Å². The molecule has 0 spiro atoms. The van der Waals surface area contributed by atoms with Crippen molar-refractivity contribution in [3.63, 3.8) is 0 Å². The van der Waals surface area contributed by atoms with Gasteiger partial charge in [0.25, 0.3) is 0 Å². The number of benzene rings is 3. The molecule has 1 aliphatic rings. The number of piperazine rings is 1. The van der Waals surface area contributed by atoms with Crippen molar-refractivity contribution in [1.82, 2.24) is 0 Å². The zero-order chi connectivity index (χ0) is 17.1. The maximum absolute atomic E-state index is 3.52. The minimum absolute atomic E-state index is 1.15. The molecule has 1 aliphatic heterocycles. The predicted molar refractivity (Wildman–Crippen MR) is 107 cm³/mol. The van der Waals surface area contributed by atoms with E-state index in [2.05, 4.69) is 82.7 Å². The van der Waals surface area contributed by atoms with Crippen LogP contribution in [0, 0.1) is 0 Å². The summed E-state index contributed by atoms with van der Waals surface area (Å²) in [6, 6.07) is 24.3. The molecule has 0 saturated carbocycles. The van der Waals surface area contributed by atoms with Crippen LogP contribution in [-0.4, -0.2) is 26.2 Å². The summed E-state index contributed by atoms with van der Waals surface area (Å²) in [6.07, 6.45) is 0. The van der Waals surface area contributed by atoms with E-state index in [9.17, 15) is 0 Å². The lowest BCUT2D eigenvalue weighted by Gasteiger charge is -2.30. The molecule has 1 saturated heterocycles. The van der Waals surface area contributed by atoms with Crippen molar-refractivity contribution in [2.45, 2.75) is 13.1 Å². The van der Waals surface area contributed by atoms with E-state index >= 15 is 0 Å². The molecule has 0 aliphatic carbocycles. The first-order chi connectivity index (χ1) is 12.3.